The summed E-state index contributed by atoms with van der Waals surface area (Å²) in [5.41, 5.74) is 2.08. The van der Waals surface area contributed by atoms with Crippen LogP contribution in [0.4, 0.5) is 5.82 Å². The quantitative estimate of drug-likeness (QED) is 0.846. The molecule has 1 aromatic carbocycles. The Hall–Kier alpha value is -2.30. The van der Waals surface area contributed by atoms with E-state index >= 15 is 0 Å². The van der Waals surface area contributed by atoms with Gasteiger partial charge in [-0.1, -0.05) is 12.1 Å². The number of aromatic amines is 1. The fourth-order valence-corrected chi connectivity index (χ4v) is 2.30. The number of carbonyl (C=O) groups is 1. The molecule has 0 spiro atoms. The molecule has 0 bridgehead atoms. The molecular weight excluding hydrogens is 230 g/mol. The molecule has 1 unspecified atom stereocenters. The molecule has 1 aliphatic heterocycles. The number of hydrogen-bond donors (Lipinski definition) is 2. The molecule has 1 amide bonds. The molecule has 1 aromatic heterocycles. The minimum atomic E-state index is -0.000398. The largest absolute Gasteiger partial charge is 0.497 e. The fraction of sp³-hybridized carbons (Fsp3) is 0.231. The van der Waals surface area contributed by atoms with Crippen LogP contribution in [0.25, 0.3) is 0 Å². The van der Waals surface area contributed by atoms with Crippen LogP contribution >= 0.6 is 0 Å². The Morgan fingerprint density at radius 2 is 2.33 bits per heavy atom. The van der Waals surface area contributed by atoms with Crippen molar-refractivity contribution in [2.45, 2.75) is 12.3 Å². The average Bonchev–Trinajstić information content (AvgIpc) is 2.85. The second-order valence-electron chi connectivity index (χ2n) is 4.28. The molecule has 0 fully saturated rings. The molecule has 3 rings (SSSR count). The zero-order valence-electron chi connectivity index (χ0n) is 9.93. The highest BCUT2D eigenvalue weighted by atomic mass is 16.5. The van der Waals surface area contributed by atoms with Gasteiger partial charge in [-0.25, -0.2) is 0 Å². The summed E-state index contributed by atoms with van der Waals surface area (Å²) in [4.78, 5) is 11.7. The Labute approximate surface area is 104 Å². The van der Waals surface area contributed by atoms with Crippen molar-refractivity contribution >= 4 is 11.7 Å². The molecule has 1 atom stereocenters. The number of benzene rings is 1. The van der Waals surface area contributed by atoms with Gasteiger partial charge in [-0.3, -0.25) is 9.89 Å². The van der Waals surface area contributed by atoms with Crippen molar-refractivity contribution in [2.24, 2.45) is 0 Å². The summed E-state index contributed by atoms with van der Waals surface area (Å²) >= 11 is 0. The average molecular weight is 243 g/mol. The number of aromatic nitrogens is 2. The van der Waals surface area contributed by atoms with Crippen LogP contribution in [0, 0.1) is 0 Å². The second kappa shape index (κ2) is 4.18. The molecule has 0 saturated carbocycles. The van der Waals surface area contributed by atoms with E-state index in [0.717, 1.165) is 16.9 Å². The van der Waals surface area contributed by atoms with Crippen molar-refractivity contribution < 1.29 is 9.53 Å². The molecule has 18 heavy (non-hydrogen) atoms. The lowest BCUT2D eigenvalue weighted by Crippen LogP contribution is -2.22. The molecular formula is C13H13N3O2. The van der Waals surface area contributed by atoms with Gasteiger partial charge in [0.25, 0.3) is 0 Å². The van der Waals surface area contributed by atoms with Gasteiger partial charge >= 0.3 is 0 Å². The van der Waals surface area contributed by atoms with Gasteiger partial charge in [-0.05, 0) is 17.7 Å². The van der Waals surface area contributed by atoms with Gasteiger partial charge in [-0.15, -0.1) is 0 Å². The molecule has 2 heterocycles. The van der Waals surface area contributed by atoms with E-state index < -0.39 is 0 Å². The lowest BCUT2D eigenvalue weighted by molar-refractivity contribution is -0.116. The van der Waals surface area contributed by atoms with Crippen LogP contribution in [0.2, 0.25) is 0 Å². The number of fused-ring (bicyclic) bond motifs is 1. The number of nitrogens with zero attached hydrogens (tertiary/aromatic N) is 1. The van der Waals surface area contributed by atoms with E-state index in [-0.39, 0.29) is 11.8 Å². The van der Waals surface area contributed by atoms with Gasteiger partial charge in [0.1, 0.15) is 11.6 Å². The normalized spacial score (nSPS) is 18.1. The van der Waals surface area contributed by atoms with Crippen molar-refractivity contribution in [1.82, 2.24) is 10.2 Å². The first kappa shape index (κ1) is 10.8. The van der Waals surface area contributed by atoms with E-state index in [4.69, 9.17) is 4.74 Å². The minimum absolute atomic E-state index is 0.000398. The molecule has 92 valence electrons. The molecule has 0 radical (unpaired) electrons. The molecule has 5 heteroatoms. The summed E-state index contributed by atoms with van der Waals surface area (Å²) in [6.45, 7) is 0. The number of nitrogens with one attached hydrogen (secondary N) is 2. The van der Waals surface area contributed by atoms with E-state index in [1.807, 2.05) is 24.3 Å². The van der Waals surface area contributed by atoms with Crippen LogP contribution < -0.4 is 10.1 Å². The van der Waals surface area contributed by atoms with E-state index in [0.29, 0.717) is 12.2 Å². The number of amides is 1. The zero-order chi connectivity index (χ0) is 12.5. The zero-order valence-corrected chi connectivity index (χ0v) is 9.93. The van der Waals surface area contributed by atoms with Gasteiger partial charge in [0, 0.05) is 17.9 Å². The summed E-state index contributed by atoms with van der Waals surface area (Å²) in [6, 6.07) is 7.78. The third kappa shape index (κ3) is 1.73. The van der Waals surface area contributed by atoms with E-state index in [1.54, 1.807) is 13.3 Å². The van der Waals surface area contributed by atoms with E-state index in [1.165, 1.54) is 0 Å². The van der Waals surface area contributed by atoms with Crippen LogP contribution in [0.15, 0.2) is 30.5 Å². The Bertz CT molecular complexity index is 591. The Kier molecular flexibility index (Phi) is 2.51. The van der Waals surface area contributed by atoms with Crippen molar-refractivity contribution in [3.8, 4) is 5.75 Å². The SMILES string of the molecule is COc1cccc(C2CC(=O)Nc3[nH]ncc32)c1. The maximum absolute atomic E-state index is 11.7. The summed E-state index contributed by atoms with van der Waals surface area (Å²) in [5, 5.41) is 9.57. The Morgan fingerprint density at radius 1 is 1.44 bits per heavy atom. The Morgan fingerprint density at radius 3 is 3.17 bits per heavy atom. The third-order valence-electron chi connectivity index (χ3n) is 3.19. The molecule has 0 aliphatic carbocycles. The van der Waals surface area contributed by atoms with Crippen molar-refractivity contribution in [3.63, 3.8) is 0 Å². The van der Waals surface area contributed by atoms with Crippen LogP contribution in [0.5, 0.6) is 5.75 Å². The number of anilines is 1. The highest BCUT2D eigenvalue weighted by Gasteiger charge is 2.28. The van der Waals surface area contributed by atoms with Crippen LogP contribution in [-0.4, -0.2) is 23.2 Å². The number of hydrogen-bond acceptors (Lipinski definition) is 3. The lowest BCUT2D eigenvalue weighted by Gasteiger charge is -2.22. The number of H-pyrrole nitrogens is 1. The molecule has 2 N–H and O–H groups in total. The van der Waals surface area contributed by atoms with Crippen molar-refractivity contribution in [2.75, 3.05) is 12.4 Å². The standard InChI is InChI=1S/C13H13N3O2/c1-18-9-4-2-3-8(5-9)10-6-12(17)15-13-11(10)7-14-16-13/h2-5,7,10H,6H2,1H3,(H2,14,15,16,17). The first-order valence-corrected chi connectivity index (χ1v) is 5.75. The molecule has 5 nitrogen and oxygen atoms in total. The minimum Gasteiger partial charge on any atom is -0.497 e. The summed E-state index contributed by atoms with van der Waals surface area (Å²) in [5.74, 6) is 1.52. The van der Waals surface area contributed by atoms with Gasteiger partial charge < -0.3 is 10.1 Å². The van der Waals surface area contributed by atoms with E-state index in [9.17, 15) is 4.79 Å². The topological polar surface area (TPSA) is 67.0 Å². The first-order chi connectivity index (χ1) is 8.78. The number of rotatable bonds is 2. The maximum atomic E-state index is 11.7. The van der Waals surface area contributed by atoms with Crippen LogP contribution in [0.1, 0.15) is 23.5 Å². The van der Waals surface area contributed by atoms with Gasteiger partial charge in [0.05, 0.1) is 13.3 Å². The summed E-state index contributed by atoms with van der Waals surface area (Å²) in [6.07, 6.45) is 2.19. The first-order valence-electron chi connectivity index (χ1n) is 5.75. The lowest BCUT2D eigenvalue weighted by atomic mass is 9.87. The second-order valence-corrected chi connectivity index (χ2v) is 4.28. The predicted molar refractivity (Wildman–Crippen MR) is 66.7 cm³/mol. The monoisotopic (exact) mass is 243 g/mol. The predicted octanol–water partition coefficient (Wildman–Crippen LogP) is 1.89. The van der Waals surface area contributed by atoms with Gasteiger partial charge in [0.15, 0.2) is 0 Å². The van der Waals surface area contributed by atoms with Crippen molar-refractivity contribution in [1.29, 1.82) is 0 Å². The highest BCUT2D eigenvalue weighted by Crippen LogP contribution is 2.36. The van der Waals surface area contributed by atoms with Gasteiger partial charge in [0.2, 0.25) is 5.91 Å². The fourth-order valence-electron chi connectivity index (χ4n) is 2.30. The van der Waals surface area contributed by atoms with E-state index in [2.05, 4.69) is 15.5 Å². The number of carbonyl (C=O) groups excluding carboxylic acids is 1. The molecule has 0 saturated heterocycles. The number of methoxy groups -OCH3 is 1. The van der Waals surface area contributed by atoms with Gasteiger partial charge in [-0.2, -0.15) is 5.10 Å². The Balaban J connectivity index is 2.04. The van der Waals surface area contributed by atoms with Crippen LogP contribution in [0.3, 0.4) is 0 Å². The molecule has 1 aliphatic rings. The molecule has 2 aromatic rings. The summed E-state index contributed by atoms with van der Waals surface area (Å²) < 4.78 is 5.22. The number of ether oxygens (including phenoxy) is 1. The summed E-state index contributed by atoms with van der Waals surface area (Å²) in [7, 11) is 1.63. The smallest absolute Gasteiger partial charge is 0.226 e. The third-order valence-corrected chi connectivity index (χ3v) is 3.19. The van der Waals surface area contributed by atoms with Crippen LogP contribution in [-0.2, 0) is 4.79 Å². The highest BCUT2D eigenvalue weighted by molar-refractivity contribution is 5.94. The van der Waals surface area contributed by atoms with Crippen molar-refractivity contribution in [3.05, 3.63) is 41.6 Å². The maximum Gasteiger partial charge on any atom is 0.226 e.